The molecule has 2 aromatic rings. The summed E-state index contributed by atoms with van der Waals surface area (Å²) in [5.41, 5.74) is 6.55. The first-order valence-corrected chi connectivity index (χ1v) is 11.6. The van der Waals surface area contributed by atoms with E-state index in [1.54, 1.807) is 6.33 Å². The van der Waals surface area contributed by atoms with Crippen LogP contribution < -0.4 is 10.6 Å². The average molecular weight is 400 g/mol. The molecule has 0 aliphatic heterocycles. The summed E-state index contributed by atoms with van der Waals surface area (Å²) in [4.78, 5) is 14.3. The van der Waals surface area contributed by atoms with Crippen LogP contribution in [-0.2, 0) is 0 Å². The number of H-pyrrole nitrogens is 1. The molecule has 29 heavy (non-hydrogen) atoms. The van der Waals surface area contributed by atoms with E-state index in [1.807, 2.05) is 6.20 Å². The summed E-state index contributed by atoms with van der Waals surface area (Å²) in [6, 6.07) is 2.66. The number of hydrogen-bond acceptors (Lipinski definition) is 4. The molecule has 2 aliphatic rings. The maximum absolute atomic E-state index is 5.63. The summed E-state index contributed by atoms with van der Waals surface area (Å²) in [6.45, 7) is 10.3. The van der Waals surface area contributed by atoms with Gasteiger partial charge in [-0.25, -0.2) is 9.97 Å². The fourth-order valence-electron chi connectivity index (χ4n) is 5.84. The lowest BCUT2D eigenvalue weighted by Gasteiger charge is -2.38. The predicted octanol–water partition coefficient (Wildman–Crippen LogP) is 5.24. The number of fused-ring (bicyclic) bond motifs is 1. The van der Waals surface area contributed by atoms with Crippen molar-refractivity contribution >= 4 is 16.9 Å². The van der Waals surface area contributed by atoms with Gasteiger partial charge in [0.1, 0.15) is 17.8 Å². The van der Waals surface area contributed by atoms with Crippen LogP contribution in [0, 0.1) is 29.6 Å². The molecule has 5 heteroatoms. The van der Waals surface area contributed by atoms with Crippen LogP contribution in [0.3, 0.4) is 0 Å². The molecule has 162 valence electrons. The molecule has 0 saturated heterocycles. The average Bonchev–Trinajstić information content (AvgIpc) is 3.15. The van der Waals surface area contributed by atoms with Crippen molar-refractivity contribution in [3.63, 3.8) is 0 Å². The molecule has 0 bridgehead atoms. The third-order valence-corrected chi connectivity index (χ3v) is 6.98. The molecule has 2 aromatic heterocycles. The van der Waals surface area contributed by atoms with Crippen LogP contribution >= 0.6 is 0 Å². The monoisotopic (exact) mass is 399 g/mol. The second-order valence-corrected chi connectivity index (χ2v) is 10.1. The minimum Gasteiger partial charge on any atom is -0.356 e. The van der Waals surface area contributed by atoms with Gasteiger partial charge in [0.15, 0.2) is 0 Å². The number of nitrogens with zero attached hydrogens (tertiary/aromatic N) is 3. The van der Waals surface area contributed by atoms with E-state index in [1.165, 1.54) is 38.5 Å². The van der Waals surface area contributed by atoms with Crippen molar-refractivity contribution in [1.29, 1.82) is 0 Å². The Hall–Kier alpha value is -1.62. The van der Waals surface area contributed by atoms with Crippen molar-refractivity contribution in [1.82, 2.24) is 15.0 Å². The molecule has 0 radical (unpaired) electrons. The van der Waals surface area contributed by atoms with Gasteiger partial charge in [0.2, 0.25) is 0 Å². The highest BCUT2D eigenvalue weighted by Gasteiger charge is 2.28. The number of nitrogens with one attached hydrogen (secondary N) is 1. The van der Waals surface area contributed by atoms with E-state index in [4.69, 9.17) is 5.73 Å². The fraction of sp³-hybridized carbons (Fsp3) is 0.750. The third-order valence-electron chi connectivity index (χ3n) is 6.98. The summed E-state index contributed by atoms with van der Waals surface area (Å²) < 4.78 is 0. The lowest BCUT2D eigenvalue weighted by molar-refractivity contribution is 0.224. The number of rotatable bonds is 3. The van der Waals surface area contributed by atoms with E-state index in [0.29, 0.717) is 6.04 Å². The van der Waals surface area contributed by atoms with Gasteiger partial charge in [-0.1, -0.05) is 27.7 Å². The van der Waals surface area contributed by atoms with Gasteiger partial charge in [-0.3, -0.25) is 0 Å². The molecule has 0 spiro atoms. The van der Waals surface area contributed by atoms with Crippen LogP contribution in [0.25, 0.3) is 11.0 Å². The first-order valence-electron chi connectivity index (χ1n) is 11.6. The molecule has 2 heterocycles. The molecule has 5 nitrogen and oxygen atoms in total. The Morgan fingerprint density at radius 3 is 2.10 bits per heavy atom. The smallest absolute Gasteiger partial charge is 0.142 e. The molecular weight excluding hydrogens is 358 g/mol. The van der Waals surface area contributed by atoms with E-state index in [-0.39, 0.29) is 0 Å². The number of aromatic amines is 1. The lowest BCUT2D eigenvalue weighted by Crippen LogP contribution is -2.38. The Morgan fingerprint density at radius 1 is 0.931 bits per heavy atom. The molecule has 2 fully saturated rings. The van der Waals surface area contributed by atoms with Gasteiger partial charge in [-0.15, -0.1) is 0 Å². The van der Waals surface area contributed by atoms with Gasteiger partial charge in [0.05, 0.1) is 5.39 Å². The first kappa shape index (κ1) is 22.1. The van der Waals surface area contributed by atoms with E-state index in [0.717, 1.165) is 53.0 Å². The van der Waals surface area contributed by atoms with Gasteiger partial charge in [0, 0.05) is 19.3 Å². The number of anilines is 1. The van der Waals surface area contributed by atoms with Crippen LogP contribution in [0.4, 0.5) is 5.82 Å². The van der Waals surface area contributed by atoms with Crippen molar-refractivity contribution < 1.29 is 0 Å². The first-order chi connectivity index (χ1) is 13.9. The zero-order chi connectivity index (χ0) is 21.0. The zero-order valence-corrected chi connectivity index (χ0v) is 19.1. The van der Waals surface area contributed by atoms with Crippen LogP contribution in [0.1, 0.15) is 66.2 Å². The van der Waals surface area contributed by atoms with Gasteiger partial charge in [-0.2, -0.15) is 0 Å². The molecule has 4 rings (SSSR count). The van der Waals surface area contributed by atoms with Crippen LogP contribution in [-0.4, -0.2) is 34.6 Å². The standard InChI is InChI=1S/C15H22N4.C9H19N/c1-10-6-11(2)8-12(7-10)19(3)15-13-4-5-16-14(13)17-9-18-15;1-7-3-8(2)5-9(4-7)6-10/h4-5,9-12H,6-8H2,1-3H3,(H,16,17,18);7-9H,3-6,10H2,1-2H3. The van der Waals surface area contributed by atoms with Crippen molar-refractivity contribution in [2.24, 2.45) is 35.3 Å². The summed E-state index contributed by atoms with van der Waals surface area (Å²) in [5, 5.41) is 1.12. The Labute approximate surface area is 176 Å². The Kier molecular flexibility index (Phi) is 7.55. The molecule has 2 saturated carbocycles. The Balaban J connectivity index is 0.000000204. The van der Waals surface area contributed by atoms with Gasteiger partial charge in [0.25, 0.3) is 0 Å². The van der Waals surface area contributed by atoms with E-state index in [9.17, 15) is 0 Å². The largest absolute Gasteiger partial charge is 0.356 e. The molecule has 4 atom stereocenters. The van der Waals surface area contributed by atoms with Crippen LogP contribution in [0.2, 0.25) is 0 Å². The van der Waals surface area contributed by atoms with E-state index >= 15 is 0 Å². The summed E-state index contributed by atoms with van der Waals surface area (Å²) in [5.74, 6) is 5.31. The SMILES string of the molecule is CC1CC(C)CC(CN)C1.CC1CC(C)CC(N(C)c2ncnc3[nH]ccc23)C1. The number of aromatic nitrogens is 3. The molecule has 0 aromatic carbocycles. The highest BCUT2D eigenvalue weighted by molar-refractivity contribution is 5.87. The highest BCUT2D eigenvalue weighted by atomic mass is 15.2. The zero-order valence-electron chi connectivity index (χ0n) is 19.1. The maximum Gasteiger partial charge on any atom is 0.142 e. The molecular formula is C24H41N5. The predicted molar refractivity (Wildman–Crippen MR) is 123 cm³/mol. The lowest BCUT2D eigenvalue weighted by atomic mass is 9.77. The summed E-state index contributed by atoms with van der Waals surface area (Å²) in [7, 11) is 2.17. The van der Waals surface area contributed by atoms with Gasteiger partial charge >= 0.3 is 0 Å². The molecule has 2 aliphatic carbocycles. The highest BCUT2D eigenvalue weighted by Crippen LogP contribution is 2.34. The van der Waals surface area contributed by atoms with E-state index < -0.39 is 0 Å². The number of nitrogens with two attached hydrogens (primary N) is 1. The molecule has 3 N–H and O–H groups in total. The summed E-state index contributed by atoms with van der Waals surface area (Å²) >= 11 is 0. The van der Waals surface area contributed by atoms with Crippen LogP contribution in [0.15, 0.2) is 18.6 Å². The quantitative estimate of drug-likeness (QED) is 0.741. The topological polar surface area (TPSA) is 70.8 Å². The fourth-order valence-corrected chi connectivity index (χ4v) is 5.84. The second kappa shape index (κ2) is 9.92. The van der Waals surface area contributed by atoms with E-state index in [2.05, 4.69) is 60.7 Å². The van der Waals surface area contributed by atoms with Gasteiger partial charge < -0.3 is 15.6 Å². The third kappa shape index (κ3) is 5.71. The molecule has 0 amide bonds. The van der Waals surface area contributed by atoms with Crippen molar-refractivity contribution in [3.05, 3.63) is 18.6 Å². The molecule has 4 unspecified atom stereocenters. The Morgan fingerprint density at radius 2 is 1.52 bits per heavy atom. The maximum atomic E-state index is 5.63. The van der Waals surface area contributed by atoms with Crippen molar-refractivity contribution in [3.8, 4) is 0 Å². The minimum absolute atomic E-state index is 0.590. The van der Waals surface area contributed by atoms with Gasteiger partial charge in [-0.05, 0) is 80.7 Å². The minimum atomic E-state index is 0.590. The number of hydrogen-bond donors (Lipinski definition) is 2. The normalized spacial score (nSPS) is 32.5. The second-order valence-electron chi connectivity index (χ2n) is 10.1. The Bertz CT molecular complexity index is 737. The van der Waals surface area contributed by atoms with Crippen LogP contribution in [0.5, 0.6) is 0 Å². The van der Waals surface area contributed by atoms with Crippen molar-refractivity contribution in [2.45, 2.75) is 72.3 Å². The van der Waals surface area contributed by atoms with Crippen molar-refractivity contribution in [2.75, 3.05) is 18.5 Å². The summed E-state index contributed by atoms with van der Waals surface area (Å²) in [6.07, 6.45) is 11.6.